The normalized spacial score (nSPS) is 11.0. The summed E-state index contributed by atoms with van der Waals surface area (Å²) >= 11 is 0. The van der Waals surface area contributed by atoms with Crippen molar-refractivity contribution in [1.29, 1.82) is 0 Å². The van der Waals surface area contributed by atoms with E-state index in [1.807, 2.05) is 91.4 Å². The predicted octanol–water partition coefficient (Wildman–Crippen LogP) is 13.1. The van der Waals surface area contributed by atoms with Crippen molar-refractivity contribution >= 4 is 0 Å². The molecule has 6 heterocycles. The van der Waals surface area contributed by atoms with Crippen LogP contribution in [0.2, 0.25) is 0 Å². The minimum Gasteiger partial charge on any atom is -0.255 e. The van der Waals surface area contributed by atoms with Crippen molar-refractivity contribution in [2.45, 2.75) is 0 Å². The summed E-state index contributed by atoms with van der Waals surface area (Å²) in [4.78, 5) is 27.4. The lowest BCUT2D eigenvalue weighted by Gasteiger charge is -2.13. The largest absolute Gasteiger partial charge is 0.255 e. The fourth-order valence-electron chi connectivity index (χ4n) is 7.38. The van der Waals surface area contributed by atoms with Gasteiger partial charge in [0, 0.05) is 53.9 Å². The highest BCUT2D eigenvalue weighted by atomic mass is 14.8. The molecule has 4 aromatic carbocycles. The molecule has 6 nitrogen and oxygen atoms in total. The van der Waals surface area contributed by atoms with E-state index >= 15 is 0 Å². The molecule has 0 aliphatic heterocycles. The number of nitrogens with zero attached hydrogens (tertiary/aromatic N) is 6. The number of benzene rings is 4. The molecular weight excluding hydrogens is 733 g/mol. The Morgan fingerprint density at radius 3 is 0.633 bits per heavy atom. The molecule has 0 fully saturated rings. The summed E-state index contributed by atoms with van der Waals surface area (Å²) in [5.74, 6) is 0. The third kappa shape index (κ3) is 7.73. The van der Waals surface area contributed by atoms with Gasteiger partial charge in [-0.1, -0.05) is 109 Å². The van der Waals surface area contributed by atoms with Crippen LogP contribution in [0.15, 0.2) is 219 Å². The first kappa shape index (κ1) is 36.1. The zero-order valence-corrected chi connectivity index (χ0v) is 32.5. The molecule has 10 rings (SSSR count). The molecule has 0 bridgehead atoms. The lowest BCUT2D eigenvalue weighted by molar-refractivity contribution is 1.25. The van der Waals surface area contributed by atoms with Crippen LogP contribution >= 0.6 is 0 Å². The minimum absolute atomic E-state index is 0.853. The summed E-state index contributed by atoms with van der Waals surface area (Å²) < 4.78 is 0. The van der Waals surface area contributed by atoms with E-state index in [1.165, 1.54) is 0 Å². The van der Waals surface area contributed by atoms with Gasteiger partial charge in [-0.15, -0.1) is 0 Å². The monoisotopic (exact) mass is 768 g/mol. The first-order chi connectivity index (χ1) is 29.7. The minimum atomic E-state index is 0.853. The van der Waals surface area contributed by atoms with Crippen LogP contribution in [0.3, 0.4) is 0 Å². The predicted molar refractivity (Wildman–Crippen MR) is 242 cm³/mol. The second-order valence-electron chi connectivity index (χ2n) is 14.5. The molecule has 10 aromatic rings. The smallest absolute Gasteiger partial charge is 0.0886 e. The maximum absolute atomic E-state index is 4.71. The zero-order valence-electron chi connectivity index (χ0n) is 32.5. The Kier molecular flexibility index (Phi) is 9.84. The molecule has 0 saturated heterocycles. The highest BCUT2D eigenvalue weighted by molar-refractivity contribution is 5.83. The SMILES string of the molecule is c1ccc(-c2ccc(-c3ccc(-c4cc(-c5ccc(-c6ccc(-c7ccccn7)nc6)cc5)cc(-c5ccc(-c6ccc(-c7ccccn7)nc6)cc5)c4)cc3)cn2)nc1. The van der Waals surface area contributed by atoms with E-state index in [1.54, 1.807) is 18.6 Å². The lowest BCUT2D eigenvalue weighted by atomic mass is 9.91. The van der Waals surface area contributed by atoms with Crippen LogP contribution in [0.25, 0.3) is 101 Å². The van der Waals surface area contributed by atoms with Crippen LogP contribution in [0.4, 0.5) is 0 Å². The highest BCUT2D eigenvalue weighted by Gasteiger charge is 2.11. The van der Waals surface area contributed by atoms with Crippen LogP contribution in [0, 0.1) is 0 Å². The van der Waals surface area contributed by atoms with Crippen molar-refractivity contribution in [3.63, 3.8) is 0 Å². The third-order valence-electron chi connectivity index (χ3n) is 10.7. The van der Waals surface area contributed by atoms with Gasteiger partial charge in [-0.3, -0.25) is 29.9 Å². The molecule has 0 N–H and O–H groups in total. The molecule has 0 unspecified atom stereocenters. The average molecular weight is 769 g/mol. The summed E-state index contributed by atoms with van der Waals surface area (Å²) in [6.45, 7) is 0. The fourth-order valence-corrected chi connectivity index (χ4v) is 7.38. The number of pyridine rings is 6. The van der Waals surface area contributed by atoms with Crippen molar-refractivity contribution in [3.8, 4) is 101 Å². The Labute approximate surface area is 348 Å². The first-order valence-corrected chi connectivity index (χ1v) is 19.8. The van der Waals surface area contributed by atoms with Gasteiger partial charge in [0.1, 0.15) is 0 Å². The number of hydrogen-bond donors (Lipinski definition) is 0. The van der Waals surface area contributed by atoms with Gasteiger partial charge in [-0.25, -0.2) is 0 Å². The zero-order chi connectivity index (χ0) is 40.1. The molecule has 6 aromatic heterocycles. The van der Waals surface area contributed by atoms with Gasteiger partial charge in [0.2, 0.25) is 0 Å². The average Bonchev–Trinajstić information content (AvgIpc) is 3.35. The molecule has 0 amide bonds. The van der Waals surface area contributed by atoms with Crippen molar-refractivity contribution < 1.29 is 0 Å². The Balaban J connectivity index is 0.960. The number of rotatable bonds is 9. The quantitative estimate of drug-likeness (QED) is 0.145. The number of aromatic nitrogens is 6. The molecular formula is C54H36N6. The van der Waals surface area contributed by atoms with Crippen molar-refractivity contribution in [2.24, 2.45) is 0 Å². The second kappa shape index (κ2) is 16.3. The molecule has 0 aliphatic rings. The van der Waals surface area contributed by atoms with Crippen LogP contribution < -0.4 is 0 Å². The van der Waals surface area contributed by atoms with E-state index in [4.69, 9.17) is 15.0 Å². The Hall–Kier alpha value is -8.22. The highest BCUT2D eigenvalue weighted by Crippen LogP contribution is 2.36. The van der Waals surface area contributed by atoms with Gasteiger partial charge < -0.3 is 0 Å². The van der Waals surface area contributed by atoms with Crippen molar-refractivity contribution in [3.05, 3.63) is 219 Å². The van der Waals surface area contributed by atoms with Gasteiger partial charge in [-0.2, -0.15) is 0 Å². The van der Waals surface area contributed by atoms with Gasteiger partial charge in [0.25, 0.3) is 0 Å². The third-order valence-corrected chi connectivity index (χ3v) is 10.7. The van der Waals surface area contributed by atoms with E-state index < -0.39 is 0 Å². The van der Waals surface area contributed by atoms with Crippen LogP contribution in [0.5, 0.6) is 0 Å². The van der Waals surface area contributed by atoms with E-state index in [0.29, 0.717) is 0 Å². The summed E-state index contributed by atoms with van der Waals surface area (Å²) in [5.41, 5.74) is 18.4. The summed E-state index contributed by atoms with van der Waals surface area (Å²) in [5, 5.41) is 0. The Bertz CT molecular complexity index is 2650. The van der Waals surface area contributed by atoms with Gasteiger partial charge in [0.15, 0.2) is 0 Å². The van der Waals surface area contributed by atoms with E-state index in [2.05, 4.69) is 124 Å². The molecule has 0 atom stereocenters. The molecule has 0 aliphatic carbocycles. The van der Waals surface area contributed by atoms with Gasteiger partial charge >= 0.3 is 0 Å². The maximum Gasteiger partial charge on any atom is 0.0886 e. The van der Waals surface area contributed by atoms with Crippen LogP contribution in [-0.4, -0.2) is 29.9 Å². The molecule has 0 spiro atoms. The van der Waals surface area contributed by atoms with Crippen molar-refractivity contribution in [2.75, 3.05) is 0 Å². The van der Waals surface area contributed by atoms with Gasteiger partial charge in [0.05, 0.1) is 34.2 Å². The van der Waals surface area contributed by atoms with Crippen LogP contribution in [-0.2, 0) is 0 Å². The number of hydrogen-bond acceptors (Lipinski definition) is 6. The summed E-state index contributed by atoms with van der Waals surface area (Å²) in [7, 11) is 0. The fraction of sp³-hybridized carbons (Fsp3) is 0. The molecule has 0 radical (unpaired) electrons. The standard InChI is InChI=1S/C54H36N6/c1-4-28-55-49(7-1)52-25-22-43(34-58-52)37-10-16-40(17-11-37)46-31-47(41-18-12-38(13-19-41)44-23-26-53(59-35-44)50-8-2-5-29-56-50)33-48(32-46)42-20-14-39(15-21-42)45-24-27-54(60-36-45)51-9-3-6-30-57-51/h1-36H. The Morgan fingerprint density at radius 2 is 0.417 bits per heavy atom. The topological polar surface area (TPSA) is 77.3 Å². The summed E-state index contributed by atoms with van der Waals surface area (Å²) in [6, 6.07) is 63.0. The molecule has 6 heteroatoms. The van der Waals surface area contributed by atoms with E-state index in [0.717, 1.165) is 101 Å². The molecule has 282 valence electrons. The lowest BCUT2D eigenvalue weighted by Crippen LogP contribution is -1.89. The second-order valence-corrected chi connectivity index (χ2v) is 14.5. The Morgan fingerprint density at radius 1 is 0.183 bits per heavy atom. The van der Waals surface area contributed by atoms with Crippen LogP contribution in [0.1, 0.15) is 0 Å². The van der Waals surface area contributed by atoms with Crippen molar-refractivity contribution in [1.82, 2.24) is 29.9 Å². The molecule has 60 heavy (non-hydrogen) atoms. The van der Waals surface area contributed by atoms with E-state index in [9.17, 15) is 0 Å². The van der Waals surface area contributed by atoms with Gasteiger partial charge in [-0.05, 0) is 123 Å². The summed E-state index contributed by atoms with van der Waals surface area (Å²) in [6.07, 6.45) is 11.1. The van der Waals surface area contributed by atoms with E-state index in [-0.39, 0.29) is 0 Å². The maximum atomic E-state index is 4.71. The first-order valence-electron chi connectivity index (χ1n) is 19.8. The molecule has 0 saturated carbocycles.